The van der Waals surface area contributed by atoms with Crippen LogP contribution in [0.25, 0.3) is 22.3 Å². The lowest BCUT2D eigenvalue weighted by atomic mass is 10.1. The zero-order chi connectivity index (χ0) is 19.6. The van der Waals surface area contributed by atoms with Gasteiger partial charge in [0.05, 0.1) is 31.0 Å². The number of nitrogens with zero attached hydrogens (tertiary/aromatic N) is 5. The number of fused-ring (bicyclic) bond motifs is 1. The number of benzene rings is 2. The highest BCUT2D eigenvalue weighted by atomic mass is 16.5. The van der Waals surface area contributed by atoms with Gasteiger partial charge in [-0.2, -0.15) is 5.10 Å². The van der Waals surface area contributed by atoms with Crippen LogP contribution in [0.5, 0.6) is 0 Å². The fourth-order valence-electron chi connectivity index (χ4n) is 3.81. The Morgan fingerprint density at radius 2 is 1.86 bits per heavy atom. The minimum absolute atomic E-state index is 0.0666. The number of rotatable bonds is 4. The molecule has 5 rings (SSSR count). The standard InChI is InChI=1S/C23H23N5O/c1-17-13-24-28(14-17)16-19-15-27(11-12-29-19)23-20-9-5-6-10-21(20)25-22(26-23)18-7-3-2-4-8-18/h2-10,13-14,19H,11-12,15-16H2,1H3. The van der Waals surface area contributed by atoms with Crippen molar-refractivity contribution in [1.29, 1.82) is 0 Å². The molecular weight excluding hydrogens is 362 g/mol. The van der Waals surface area contributed by atoms with E-state index in [1.54, 1.807) is 0 Å². The summed E-state index contributed by atoms with van der Waals surface area (Å²) in [7, 11) is 0. The Labute approximate surface area is 169 Å². The van der Waals surface area contributed by atoms with E-state index in [4.69, 9.17) is 14.7 Å². The molecule has 1 unspecified atom stereocenters. The van der Waals surface area contributed by atoms with E-state index in [1.807, 2.05) is 41.2 Å². The van der Waals surface area contributed by atoms with Gasteiger partial charge in [0, 0.05) is 30.2 Å². The second-order valence-electron chi connectivity index (χ2n) is 7.43. The average Bonchev–Trinajstić information content (AvgIpc) is 3.18. The second kappa shape index (κ2) is 7.64. The van der Waals surface area contributed by atoms with Gasteiger partial charge >= 0.3 is 0 Å². The number of aryl methyl sites for hydroxylation is 1. The maximum Gasteiger partial charge on any atom is 0.162 e. The van der Waals surface area contributed by atoms with E-state index >= 15 is 0 Å². The molecule has 6 heteroatoms. The second-order valence-corrected chi connectivity index (χ2v) is 7.43. The Bertz CT molecular complexity index is 1120. The van der Waals surface area contributed by atoms with Gasteiger partial charge in [-0.15, -0.1) is 0 Å². The van der Waals surface area contributed by atoms with E-state index in [2.05, 4.69) is 47.4 Å². The summed E-state index contributed by atoms with van der Waals surface area (Å²) in [5, 5.41) is 5.48. The van der Waals surface area contributed by atoms with Gasteiger partial charge in [-0.05, 0) is 24.6 Å². The number of morpholine rings is 1. The van der Waals surface area contributed by atoms with Crippen molar-refractivity contribution in [1.82, 2.24) is 19.7 Å². The first-order valence-corrected chi connectivity index (χ1v) is 9.94. The number of anilines is 1. The molecule has 0 bridgehead atoms. The summed E-state index contributed by atoms with van der Waals surface area (Å²) >= 11 is 0. The summed E-state index contributed by atoms with van der Waals surface area (Å²) in [4.78, 5) is 12.1. The van der Waals surface area contributed by atoms with E-state index in [0.717, 1.165) is 53.3 Å². The molecule has 1 aliphatic heterocycles. The highest BCUT2D eigenvalue weighted by molar-refractivity contribution is 5.91. The normalized spacial score (nSPS) is 17.0. The number of hydrogen-bond acceptors (Lipinski definition) is 5. The van der Waals surface area contributed by atoms with Gasteiger partial charge in [0.1, 0.15) is 5.82 Å². The minimum Gasteiger partial charge on any atom is -0.373 e. The van der Waals surface area contributed by atoms with Crippen molar-refractivity contribution in [2.45, 2.75) is 19.6 Å². The fraction of sp³-hybridized carbons (Fsp3) is 0.261. The van der Waals surface area contributed by atoms with Crippen molar-refractivity contribution in [3.8, 4) is 11.4 Å². The predicted octanol–water partition coefficient (Wildman–Crippen LogP) is 3.71. The minimum atomic E-state index is 0.0666. The average molecular weight is 385 g/mol. The van der Waals surface area contributed by atoms with Crippen LogP contribution in [0.4, 0.5) is 5.82 Å². The molecule has 0 aliphatic carbocycles. The van der Waals surface area contributed by atoms with Gasteiger partial charge in [-0.3, -0.25) is 4.68 Å². The first-order chi connectivity index (χ1) is 14.3. The van der Waals surface area contributed by atoms with Crippen molar-refractivity contribution >= 4 is 16.7 Å². The molecule has 0 saturated carbocycles. The smallest absolute Gasteiger partial charge is 0.162 e. The van der Waals surface area contributed by atoms with Crippen molar-refractivity contribution in [3.63, 3.8) is 0 Å². The summed E-state index contributed by atoms with van der Waals surface area (Å²) in [5.41, 5.74) is 3.14. The molecule has 1 fully saturated rings. The monoisotopic (exact) mass is 385 g/mol. The van der Waals surface area contributed by atoms with E-state index in [1.165, 1.54) is 0 Å². The molecule has 2 aromatic heterocycles. The third-order valence-electron chi connectivity index (χ3n) is 5.21. The van der Waals surface area contributed by atoms with Crippen LogP contribution >= 0.6 is 0 Å². The van der Waals surface area contributed by atoms with Gasteiger partial charge in [-0.1, -0.05) is 42.5 Å². The Hall–Kier alpha value is -3.25. The summed E-state index contributed by atoms with van der Waals surface area (Å²) < 4.78 is 7.98. The number of para-hydroxylation sites is 1. The van der Waals surface area contributed by atoms with Crippen LogP contribution in [-0.4, -0.2) is 45.5 Å². The summed E-state index contributed by atoms with van der Waals surface area (Å²) in [5.74, 6) is 1.73. The van der Waals surface area contributed by atoms with Gasteiger partial charge in [0.2, 0.25) is 0 Å². The van der Waals surface area contributed by atoms with Crippen LogP contribution in [-0.2, 0) is 11.3 Å². The molecule has 2 aromatic carbocycles. The van der Waals surface area contributed by atoms with Crippen LogP contribution < -0.4 is 4.90 Å². The van der Waals surface area contributed by atoms with Gasteiger partial charge in [0.25, 0.3) is 0 Å². The Kier molecular flexibility index (Phi) is 4.69. The number of ether oxygens (including phenoxy) is 1. The first kappa shape index (κ1) is 17.8. The third-order valence-corrected chi connectivity index (χ3v) is 5.21. The topological polar surface area (TPSA) is 56.1 Å². The summed E-state index contributed by atoms with van der Waals surface area (Å²) in [6, 6.07) is 18.4. The molecule has 6 nitrogen and oxygen atoms in total. The van der Waals surface area contributed by atoms with Gasteiger partial charge < -0.3 is 9.64 Å². The molecule has 29 heavy (non-hydrogen) atoms. The van der Waals surface area contributed by atoms with E-state index < -0.39 is 0 Å². The molecular formula is C23H23N5O. The van der Waals surface area contributed by atoms with Crippen molar-refractivity contribution in [2.24, 2.45) is 0 Å². The molecule has 0 spiro atoms. The highest BCUT2D eigenvalue weighted by Gasteiger charge is 2.24. The lowest BCUT2D eigenvalue weighted by molar-refractivity contribution is 0.0273. The van der Waals surface area contributed by atoms with Crippen molar-refractivity contribution < 1.29 is 4.74 Å². The van der Waals surface area contributed by atoms with Crippen LogP contribution in [0.3, 0.4) is 0 Å². The van der Waals surface area contributed by atoms with Gasteiger partial charge in [-0.25, -0.2) is 9.97 Å². The Morgan fingerprint density at radius 3 is 2.69 bits per heavy atom. The lowest BCUT2D eigenvalue weighted by Crippen LogP contribution is -2.44. The fourth-order valence-corrected chi connectivity index (χ4v) is 3.81. The molecule has 1 atom stereocenters. The van der Waals surface area contributed by atoms with Crippen LogP contribution in [0.2, 0.25) is 0 Å². The number of hydrogen-bond donors (Lipinski definition) is 0. The Balaban J connectivity index is 1.49. The SMILES string of the molecule is Cc1cnn(CC2CN(c3nc(-c4ccccc4)nc4ccccc34)CCO2)c1. The van der Waals surface area contributed by atoms with E-state index in [-0.39, 0.29) is 6.10 Å². The highest BCUT2D eigenvalue weighted by Crippen LogP contribution is 2.28. The Morgan fingerprint density at radius 1 is 1.03 bits per heavy atom. The van der Waals surface area contributed by atoms with Crippen LogP contribution in [0.1, 0.15) is 5.56 Å². The lowest BCUT2D eigenvalue weighted by Gasteiger charge is -2.34. The maximum absolute atomic E-state index is 6.02. The molecule has 1 aliphatic rings. The predicted molar refractivity (Wildman–Crippen MR) is 114 cm³/mol. The van der Waals surface area contributed by atoms with E-state index in [9.17, 15) is 0 Å². The van der Waals surface area contributed by atoms with Gasteiger partial charge in [0.15, 0.2) is 5.82 Å². The van der Waals surface area contributed by atoms with Crippen LogP contribution in [0, 0.1) is 6.92 Å². The zero-order valence-corrected chi connectivity index (χ0v) is 16.4. The molecule has 0 N–H and O–H groups in total. The first-order valence-electron chi connectivity index (χ1n) is 9.94. The van der Waals surface area contributed by atoms with Crippen molar-refractivity contribution in [3.05, 3.63) is 72.6 Å². The van der Waals surface area contributed by atoms with E-state index in [0.29, 0.717) is 6.61 Å². The molecule has 4 aromatic rings. The quantitative estimate of drug-likeness (QED) is 0.536. The molecule has 1 saturated heterocycles. The van der Waals surface area contributed by atoms with Crippen molar-refractivity contribution in [2.75, 3.05) is 24.6 Å². The molecule has 146 valence electrons. The van der Waals surface area contributed by atoms with Crippen LogP contribution in [0.15, 0.2) is 67.0 Å². The zero-order valence-electron chi connectivity index (χ0n) is 16.4. The largest absolute Gasteiger partial charge is 0.373 e. The maximum atomic E-state index is 6.02. The molecule has 0 amide bonds. The molecule has 3 heterocycles. The number of aromatic nitrogens is 4. The third kappa shape index (κ3) is 3.71. The molecule has 0 radical (unpaired) electrons. The summed E-state index contributed by atoms with van der Waals surface area (Å²) in [6.45, 7) is 5.04. The summed E-state index contributed by atoms with van der Waals surface area (Å²) in [6.07, 6.45) is 4.00.